The van der Waals surface area contributed by atoms with Crippen LogP contribution < -0.4 is 11.1 Å². The van der Waals surface area contributed by atoms with Gasteiger partial charge in [0.2, 0.25) is 5.91 Å². The van der Waals surface area contributed by atoms with Crippen molar-refractivity contribution < 1.29 is 10.0 Å². The van der Waals surface area contributed by atoms with Gasteiger partial charge < -0.3 is 16.3 Å². The van der Waals surface area contributed by atoms with Gasteiger partial charge in [0.1, 0.15) is 0 Å². The normalized spacial score (nSPS) is 13.0. The van der Waals surface area contributed by atoms with Crippen molar-refractivity contribution in [1.82, 2.24) is 5.32 Å². The molecule has 0 aromatic heterocycles. The molecule has 0 aliphatic heterocycles. The molecule has 0 aliphatic rings. The molecule has 5 heteroatoms. The molecule has 5 nitrogen and oxygen atoms in total. The van der Waals surface area contributed by atoms with Gasteiger partial charge in [-0.3, -0.25) is 4.79 Å². The molecular formula is C15H23N3O2. The lowest BCUT2D eigenvalue weighted by Gasteiger charge is -2.16. The number of nitrogens with zero attached hydrogens (tertiary/aromatic N) is 1. The summed E-state index contributed by atoms with van der Waals surface area (Å²) in [5.41, 5.74) is 7.88. The highest BCUT2D eigenvalue weighted by Crippen LogP contribution is 2.07. The van der Waals surface area contributed by atoms with Crippen LogP contribution in [0.5, 0.6) is 0 Å². The summed E-state index contributed by atoms with van der Waals surface area (Å²) in [7, 11) is 0. The van der Waals surface area contributed by atoms with Gasteiger partial charge in [0, 0.05) is 6.42 Å². The summed E-state index contributed by atoms with van der Waals surface area (Å²) in [6.45, 7) is 4.01. The summed E-state index contributed by atoms with van der Waals surface area (Å²) in [6, 6.07) is 7.70. The zero-order chi connectivity index (χ0) is 15.0. The quantitative estimate of drug-likeness (QED) is 0.308. The number of amides is 1. The van der Waals surface area contributed by atoms with Crippen LogP contribution in [0, 0.1) is 6.92 Å². The second-order valence-electron chi connectivity index (χ2n) is 4.92. The minimum Gasteiger partial charge on any atom is -0.409 e. The Labute approximate surface area is 119 Å². The van der Waals surface area contributed by atoms with Gasteiger partial charge in [-0.25, -0.2) is 0 Å². The maximum absolute atomic E-state index is 11.9. The van der Waals surface area contributed by atoms with Crippen molar-refractivity contribution in [2.75, 3.05) is 0 Å². The summed E-state index contributed by atoms with van der Waals surface area (Å²) in [5.74, 6) is -0.0349. The van der Waals surface area contributed by atoms with E-state index < -0.39 is 6.04 Å². The van der Waals surface area contributed by atoms with Crippen molar-refractivity contribution in [2.45, 2.75) is 45.6 Å². The summed E-state index contributed by atoms with van der Waals surface area (Å²) in [4.78, 5) is 11.9. The maximum atomic E-state index is 11.9. The Hall–Kier alpha value is -2.04. The van der Waals surface area contributed by atoms with Gasteiger partial charge in [0.25, 0.3) is 0 Å². The Kier molecular flexibility index (Phi) is 6.56. The topological polar surface area (TPSA) is 87.7 Å². The van der Waals surface area contributed by atoms with Crippen LogP contribution in [0.1, 0.15) is 37.3 Å². The number of oxime groups is 1. The highest BCUT2D eigenvalue weighted by atomic mass is 16.4. The number of aryl methyl sites for hydroxylation is 2. The summed E-state index contributed by atoms with van der Waals surface area (Å²) in [6.07, 6.45) is 2.58. The molecule has 0 saturated heterocycles. The molecule has 0 bridgehead atoms. The standard InChI is InChI=1S/C15H23N3O2/c1-3-5-13(15(16)18-20)17-14(19)9-8-12-7-4-6-11(2)10-12/h4,6-7,10,13,20H,3,5,8-9H2,1-2H3,(H2,16,18)(H,17,19). The van der Waals surface area contributed by atoms with Crippen LogP contribution in [-0.2, 0) is 11.2 Å². The summed E-state index contributed by atoms with van der Waals surface area (Å²) in [5, 5.41) is 14.5. The van der Waals surface area contributed by atoms with E-state index >= 15 is 0 Å². The second kappa shape index (κ2) is 8.19. The first kappa shape index (κ1) is 16.0. The van der Waals surface area contributed by atoms with Crippen molar-refractivity contribution in [2.24, 2.45) is 10.9 Å². The number of amidine groups is 1. The second-order valence-corrected chi connectivity index (χ2v) is 4.92. The molecule has 1 aromatic carbocycles. The Balaban J connectivity index is 2.49. The third-order valence-electron chi connectivity index (χ3n) is 3.11. The number of nitrogens with one attached hydrogen (secondary N) is 1. The molecule has 4 N–H and O–H groups in total. The first-order chi connectivity index (χ1) is 9.56. The van der Waals surface area contributed by atoms with E-state index in [0.717, 1.165) is 12.0 Å². The van der Waals surface area contributed by atoms with E-state index in [1.807, 2.05) is 32.0 Å². The average Bonchev–Trinajstić information content (AvgIpc) is 2.44. The van der Waals surface area contributed by atoms with E-state index in [2.05, 4.69) is 16.5 Å². The smallest absolute Gasteiger partial charge is 0.220 e. The highest BCUT2D eigenvalue weighted by Gasteiger charge is 2.15. The molecule has 1 amide bonds. The fraction of sp³-hybridized carbons (Fsp3) is 0.467. The molecule has 0 radical (unpaired) electrons. The van der Waals surface area contributed by atoms with E-state index in [0.29, 0.717) is 19.3 Å². The van der Waals surface area contributed by atoms with E-state index in [1.54, 1.807) is 0 Å². The molecule has 1 atom stereocenters. The Morgan fingerprint density at radius 3 is 2.85 bits per heavy atom. The molecule has 0 spiro atoms. The lowest BCUT2D eigenvalue weighted by Crippen LogP contribution is -2.44. The first-order valence-electron chi connectivity index (χ1n) is 6.89. The van der Waals surface area contributed by atoms with Crippen LogP contribution >= 0.6 is 0 Å². The predicted octanol–water partition coefficient (Wildman–Crippen LogP) is 1.96. The number of benzene rings is 1. The van der Waals surface area contributed by atoms with Gasteiger partial charge in [-0.05, 0) is 25.3 Å². The number of nitrogens with two attached hydrogens (primary N) is 1. The third kappa shape index (κ3) is 5.30. The van der Waals surface area contributed by atoms with Crippen molar-refractivity contribution in [3.8, 4) is 0 Å². The molecule has 110 valence electrons. The Morgan fingerprint density at radius 2 is 2.25 bits per heavy atom. The van der Waals surface area contributed by atoms with E-state index in [1.165, 1.54) is 5.56 Å². The lowest BCUT2D eigenvalue weighted by atomic mass is 10.1. The van der Waals surface area contributed by atoms with Crippen LogP contribution in [0.2, 0.25) is 0 Å². The van der Waals surface area contributed by atoms with Crippen LogP contribution in [0.3, 0.4) is 0 Å². The fourth-order valence-electron chi connectivity index (χ4n) is 2.04. The number of rotatable bonds is 7. The van der Waals surface area contributed by atoms with Crippen molar-refractivity contribution in [3.63, 3.8) is 0 Å². The van der Waals surface area contributed by atoms with Crippen LogP contribution in [0.25, 0.3) is 0 Å². The molecule has 20 heavy (non-hydrogen) atoms. The first-order valence-corrected chi connectivity index (χ1v) is 6.89. The molecule has 1 unspecified atom stereocenters. The molecule has 1 aromatic rings. The molecule has 0 heterocycles. The van der Waals surface area contributed by atoms with Gasteiger partial charge >= 0.3 is 0 Å². The number of hydrogen-bond acceptors (Lipinski definition) is 3. The van der Waals surface area contributed by atoms with Crippen molar-refractivity contribution >= 4 is 11.7 Å². The highest BCUT2D eigenvalue weighted by molar-refractivity contribution is 5.89. The number of carbonyl (C=O) groups is 1. The largest absolute Gasteiger partial charge is 0.409 e. The predicted molar refractivity (Wildman–Crippen MR) is 79.7 cm³/mol. The van der Waals surface area contributed by atoms with Crippen LogP contribution in [0.4, 0.5) is 0 Å². The van der Waals surface area contributed by atoms with Gasteiger partial charge in [-0.1, -0.05) is 48.3 Å². The zero-order valence-electron chi connectivity index (χ0n) is 12.1. The van der Waals surface area contributed by atoms with Crippen LogP contribution in [-0.4, -0.2) is 23.0 Å². The molecular weight excluding hydrogens is 254 g/mol. The summed E-state index contributed by atoms with van der Waals surface area (Å²) >= 11 is 0. The fourth-order valence-corrected chi connectivity index (χ4v) is 2.04. The minimum atomic E-state index is -0.394. The van der Waals surface area contributed by atoms with Gasteiger partial charge in [0.05, 0.1) is 6.04 Å². The van der Waals surface area contributed by atoms with Crippen LogP contribution in [0.15, 0.2) is 29.4 Å². The number of hydrogen-bond donors (Lipinski definition) is 3. The Bertz CT molecular complexity index is 472. The maximum Gasteiger partial charge on any atom is 0.220 e. The van der Waals surface area contributed by atoms with Gasteiger partial charge in [-0.15, -0.1) is 0 Å². The SMILES string of the molecule is CCCC(NC(=O)CCc1cccc(C)c1)C(N)=NO. The monoisotopic (exact) mass is 277 g/mol. The van der Waals surface area contributed by atoms with E-state index in [9.17, 15) is 4.79 Å². The zero-order valence-corrected chi connectivity index (χ0v) is 12.1. The van der Waals surface area contributed by atoms with Gasteiger partial charge in [0.15, 0.2) is 5.84 Å². The van der Waals surface area contributed by atoms with E-state index in [-0.39, 0.29) is 11.7 Å². The molecule has 0 aliphatic carbocycles. The minimum absolute atomic E-state index is 0.0516. The Morgan fingerprint density at radius 1 is 1.50 bits per heavy atom. The van der Waals surface area contributed by atoms with E-state index in [4.69, 9.17) is 10.9 Å². The van der Waals surface area contributed by atoms with Crippen molar-refractivity contribution in [3.05, 3.63) is 35.4 Å². The van der Waals surface area contributed by atoms with Crippen molar-refractivity contribution in [1.29, 1.82) is 0 Å². The number of carbonyl (C=O) groups excluding carboxylic acids is 1. The molecule has 0 saturated carbocycles. The lowest BCUT2D eigenvalue weighted by molar-refractivity contribution is -0.121. The molecule has 1 rings (SSSR count). The summed E-state index contributed by atoms with van der Waals surface area (Å²) < 4.78 is 0. The average molecular weight is 277 g/mol. The molecule has 0 fully saturated rings. The van der Waals surface area contributed by atoms with Gasteiger partial charge in [-0.2, -0.15) is 0 Å². The third-order valence-corrected chi connectivity index (χ3v) is 3.11.